The van der Waals surface area contributed by atoms with Crippen LogP contribution in [0.5, 0.6) is 0 Å². The Morgan fingerprint density at radius 1 is 1.40 bits per heavy atom. The number of rotatable bonds is 2. The highest BCUT2D eigenvalue weighted by atomic mass is 32.1. The third-order valence-corrected chi connectivity index (χ3v) is 3.24. The highest BCUT2D eigenvalue weighted by Crippen LogP contribution is 2.26. The van der Waals surface area contributed by atoms with Gasteiger partial charge in [0.1, 0.15) is 5.82 Å². The van der Waals surface area contributed by atoms with E-state index in [0.29, 0.717) is 5.82 Å². The molecule has 0 bridgehead atoms. The maximum atomic E-state index is 5.74. The number of nitrogens with two attached hydrogens (primary N) is 1. The van der Waals surface area contributed by atoms with E-state index >= 15 is 0 Å². The summed E-state index contributed by atoms with van der Waals surface area (Å²) in [5.74, 6) is 1.30. The van der Waals surface area contributed by atoms with Gasteiger partial charge in [0.25, 0.3) is 0 Å². The molecular formula is C11H13N3S. The third-order valence-electron chi connectivity index (χ3n) is 2.23. The number of hydrogen-bond acceptors (Lipinski definition) is 4. The second-order valence-electron chi connectivity index (χ2n) is 3.39. The van der Waals surface area contributed by atoms with Gasteiger partial charge in [-0.15, -0.1) is 11.3 Å². The molecule has 0 radical (unpaired) electrons. The molecule has 0 fully saturated rings. The van der Waals surface area contributed by atoms with Gasteiger partial charge < -0.3 is 5.73 Å². The summed E-state index contributed by atoms with van der Waals surface area (Å²) in [6.07, 6.45) is 0.879. The van der Waals surface area contributed by atoms with Gasteiger partial charge in [0.2, 0.25) is 0 Å². The predicted molar refractivity (Wildman–Crippen MR) is 63.9 cm³/mol. The first-order chi connectivity index (χ1) is 7.20. The number of hydrogen-bond donors (Lipinski definition) is 1. The van der Waals surface area contributed by atoms with Crippen molar-refractivity contribution in [1.29, 1.82) is 0 Å². The summed E-state index contributed by atoms with van der Waals surface area (Å²) in [4.78, 5) is 9.85. The summed E-state index contributed by atoms with van der Waals surface area (Å²) < 4.78 is 0. The van der Waals surface area contributed by atoms with Gasteiger partial charge in [-0.3, -0.25) is 0 Å². The molecule has 0 spiro atoms. The molecule has 4 heteroatoms. The minimum Gasteiger partial charge on any atom is -0.384 e. The average molecular weight is 219 g/mol. The molecule has 0 atom stereocenters. The lowest BCUT2D eigenvalue weighted by molar-refractivity contribution is 1.01. The molecule has 15 heavy (non-hydrogen) atoms. The summed E-state index contributed by atoms with van der Waals surface area (Å²) in [7, 11) is 0. The van der Waals surface area contributed by atoms with Crippen LogP contribution in [-0.4, -0.2) is 9.97 Å². The monoisotopic (exact) mass is 219 g/mol. The van der Waals surface area contributed by atoms with Crippen LogP contribution in [0.3, 0.4) is 0 Å². The van der Waals surface area contributed by atoms with Crippen molar-refractivity contribution in [3.05, 3.63) is 28.8 Å². The minimum absolute atomic E-state index is 0.546. The molecule has 3 nitrogen and oxygen atoms in total. The average Bonchev–Trinajstić information content (AvgIpc) is 2.63. The fourth-order valence-electron chi connectivity index (χ4n) is 1.40. The molecule has 0 aliphatic carbocycles. The normalized spacial score (nSPS) is 10.5. The van der Waals surface area contributed by atoms with Crippen LogP contribution in [0, 0.1) is 6.92 Å². The molecular weight excluding hydrogens is 206 g/mol. The molecule has 2 rings (SSSR count). The van der Waals surface area contributed by atoms with E-state index in [1.165, 1.54) is 5.56 Å². The Bertz CT molecular complexity index is 476. The SMILES string of the molecule is CCc1cc(N)nc(-c2sccc2C)n1. The molecule has 0 aromatic carbocycles. The lowest BCUT2D eigenvalue weighted by atomic mass is 10.2. The van der Waals surface area contributed by atoms with Crippen molar-refractivity contribution in [3.8, 4) is 10.7 Å². The summed E-state index contributed by atoms with van der Waals surface area (Å²) >= 11 is 1.65. The van der Waals surface area contributed by atoms with Crippen molar-refractivity contribution in [2.24, 2.45) is 0 Å². The number of anilines is 1. The van der Waals surface area contributed by atoms with Crippen molar-refractivity contribution in [2.45, 2.75) is 20.3 Å². The van der Waals surface area contributed by atoms with E-state index in [2.05, 4.69) is 29.9 Å². The summed E-state index contributed by atoms with van der Waals surface area (Å²) in [6.45, 7) is 4.12. The van der Waals surface area contributed by atoms with Crippen molar-refractivity contribution in [1.82, 2.24) is 9.97 Å². The van der Waals surface area contributed by atoms with E-state index in [0.717, 1.165) is 22.8 Å². The first-order valence-corrected chi connectivity index (χ1v) is 5.76. The molecule has 2 aromatic rings. The predicted octanol–water partition coefficient (Wildman–Crippen LogP) is 2.66. The summed E-state index contributed by atoms with van der Waals surface area (Å²) in [6, 6.07) is 3.89. The summed E-state index contributed by atoms with van der Waals surface area (Å²) in [5.41, 5.74) is 7.94. The quantitative estimate of drug-likeness (QED) is 0.844. The van der Waals surface area contributed by atoms with E-state index in [1.54, 1.807) is 11.3 Å². The van der Waals surface area contributed by atoms with Crippen LogP contribution >= 0.6 is 11.3 Å². The third kappa shape index (κ3) is 1.99. The zero-order valence-electron chi connectivity index (χ0n) is 8.82. The van der Waals surface area contributed by atoms with Crippen LogP contribution in [0.4, 0.5) is 5.82 Å². The Balaban J connectivity index is 2.53. The Labute approximate surface area is 93.0 Å². The number of nitrogen functional groups attached to an aromatic ring is 1. The van der Waals surface area contributed by atoms with Crippen molar-refractivity contribution in [3.63, 3.8) is 0 Å². The largest absolute Gasteiger partial charge is 0.384 e. The van der Waals surface area contributed by atoms with E-state index in [9.17, 15) is 0 Å². The molecule has 2 heterocycles. The lowest BCUT2D eigenvalue weighted by Gasteiger charge is -2.03. The molecule has 2 aromatic heterocycles. The van der Waals surface area contributed by atoms with Gasteiger partial charge in [-0.05, 0) is 30.4 Å². The first-order valence-electron chi connectivity index (χ1n) is 4.88. The van der Waals surface area contributed by atoms with Gasteiger partial charge in [0.15, 0.2) is 5.82 Å². The van der Waals surface area contributed by atoms with Gasteiger partial charge in [0, 0.05) is 11.8 Å². The lowest BCUT2D eigenvalue weighted by Crippen LogP contribution is -1.99. The van der Waals surface area contributed by atoms with Crippen LogP contribution in [-0.2, 0) is 6.42 Å². The van der Waals surface area contributed by atoms with Crippen LogP contribution in [0.1, 0.15) is 18.2 Å². The highest BCUT2D eigenvalue weighted by molar-refractivity contribution is 7.13. The van der Waals surface area contributed by atoms with Crippen LogP contribution in [0.15, 0.2) is 17.5 Å². The van der Waals surface area contributed by atoms with E-state index < -0.39 is 0 Å². The number of nitrogens with zero attached hydrogens (tertiary/aromatic N) is 2. The Kier molecular flexibility index (Phi) is 2.68. The number of aryl methyl sites for hydroxylation is 2. The van der Waals surface area contributed by atoms with Crippen LogP contribution in [0.2, 0.25) is 0 Å². The molecule has 2 N–H and O–H groups in total. The fourth-order valence-corrected chi connectivity index (χ4v) is 2.26. The van der Waals surface area contributed by atoms with Gasteiger partial charge >= 0.3 is 0 Å². The topological polar surface area (TPSA) is 51.8 Å². The van der Waals surface area contributed by atoms with Crippen molar-refractivity contribution >= 4 is 17.2 Å². The number of thiophene rings is 1. The maximum Gasteiger partial charge on any atom is 0.172 e. The fraction of sp³-hybridized carbons (Fsp3) is 0.273. The zero-order valence-corrected chi connectivity index (χ0v) is 9.64. The van der Waals surface area contributed by atoms with E-state index in [-0.39, 0.29) is 0 Å². The second-order valence-corrected chi connectivity index (χ2v) is 4.31. The molecule has 78 valence electrons. The first kappa shape index (κ1) is 10.1. The van der Waals surface area contributed by atoms with E-state index in [4.69, 9.17) is 5.73 Å². The second kappa shape index (κ2) is 3.98. The molecule has 0 saturated carbocycles. The number of aromatic nitrogens is 2. The van der Waals surface area contributed by atoms with Crippen LogP contribution < -0.4 is 5.73 Å². The smallest absolute Gasteiger partial charge is 0.172 e. The van der Waals surface area contributed by atoms with E-state index in [1.807, 2.05) is 11.4 Å². The zero-order chi connectivity index (χ0) is 10.8. The standard InChI is InChI=1S/C11H13N3S/c1-3-8-6-9(12)14-11(13-8)10-7(2)4-5-15-10/h4-6H,3H2,1-2H3,(H2,12,13,14). The van der Waals surface area contributed by atoms with Gasteiger partial charge in [-0.1, -0.05) is 6.92 Å². The molecule has 0 amide bonds. The minimum atomic E-state index is 0.546. The van der Waals surface area contributed by atoms with Gasteiger partial charge in [-0.2, -0.15) is 0 Å². The Morgan fingerprint density at radius 2 is 2.20 bits per heavy atom. The molecule has 0 aliphatic heterocycles. The Hall–Kier alpha value is -1.42. The van der Waals surface area contributed by atoms with Gasteiger partial charge in [0.05, 0.1) is 4.88 Å². The summed E-state index contributed by atoms with van der Waals surface area (Å²) in [5, 5.41) is 2.04. The van der Waals surface area contributed by atoms with Crippen LogP contribution in [0.25, 0.3) is 10.7 Å². The van der Waals surface area contributed by atoms with Crippen molar-refractivity contribution < 1.29 is 0 Å². The van der Waals surface area contributed by atoms with Gasteiger partial charge in [-0.25, -0.2) is 9.97 Å². The van der Waals surface area contributed by atoms with Crippen molar-refractivity contribution in [2.75, 3.05) is 5.73 Å². The Morgan fingerprint density at radius 3 is 2.80 bits per heavy atom. The maximum absolute atomic E-state index is 5.74. The molecule has 0 unspecified atom stereocenters. The highest BCUT2D eigenvalue weighted by Gasteiger charge is 2.08. The molecule has 0 saturated heterocycles. The molecule has 0 aliphatic rings.